The number of carbonyl (C=O) groups is 1. The van der Waals surface area contributed by atoms with Crippen LogP contribution in [0.25, 0.3) is 0 Å². The van der Waals surface area contributed by atoms with E-state index in [1.807, 2.05) is 0 Å². The van der Waals surface area contributed by atoms with Gasteiger partial charge >= 0.3 is 44.8 Å². The first kappa shape index (κ1) is 31.2. The van der Waals surface area contributed by atoms with E-state index in [1.165, 1.54) is 0 Å². The summed E-state index contributed by atoms with van der Waals surface area (Å²) < 4.78 is 0. The van der Waals surface area contributed by atoms with Gasteiger partial charge in [-0.3, -0.25) is 21.0 Å². The van der Waals surface area contributed by atoms with E-state index in [9.17, 15) is 0 Å². The molecule has 0 aliphatic rings. The van der Waals surface area contributed by atoms with E-state index in [4.69, 9.17) is 36.0 Å². The van der Waals surface area contributed by atoms with Crippen molar-refractivity contribution in [2.45, 2.75) is 0 Å². The van der Waals surface area contributed by atoms with Gasteiger partial charge in [-0.15, -0.1) is 0 Å². The first-order valence-corrected chi connectivity index (χ1v) is 1.01. The van der Waals surface area contributed by atoms with Crippen LogP contribution < -0.4 is 10.2 Å². The van der Waals surface area contributed by atoms with Gasteiger partial charge in [0.2, 0.25) is 0 Å². The molecule has 0 spiro atoms. The van der Waals surface area contributed by atoms with Crippen molar-refractivity contribution < 1.29 is 80.8 Å². The molecule has 0 saturated heterocycles. The molecule has 0 fully saturated rings. The Balaban J connectivity index is -0.0000000125. The van der Waals surface area contributed by atoms with Crippen LogP contribution in [0, 0.1) is 0 Å². The number of hydrogen-bond acceptors (Lipinski definition) is 7. The third-order valence-electron chi connectivity index (χ3n) is 0. The molecule has 0 bridgehead atoms. The molecule has 9 heteroatoms. The van der Waals surface area contributed by atoms with E-state index in [2.05, 4.69) is 0 Å². The molecule has 0 aliphatic carbocycles. The maximum absolute atomic E-state index is 8.33. The van der Waals surface area contributed by atoms with Gasteiger partial charge in [0.05, 0.1) is 0 Å². The van der Waals surface area contributed by atoms with Crippen molar-refractivity contribution in [1.82, 2.24) is 0 Å². The molecular formula is CH4Ag2O7. The first-order chi connectivity index (χ1) is 3.73. The largest absolute Gasteiger partial charge is 1.00 e. The van der Waals surface area contributed by atoms with Crippen LogP contribution >= 0.6 is 0 Å². The Kier molecular flexibility index (Phi) is 171. The predicted octanol–water partition coefficient (Wildman–Crippen LogP) is -2.42. The van der Waals surface area contributed by atoms with Crippen LogP contribution in [0.3, 0.4) is 0 Å². The quantitative estimate of drug-likeness (QED) is 0.218. The van der Waals surface area contributed by atoms with Gasteiger partial charge in [0.25, 0.3) is 0 Å². The number of carbonyl (C=O) groups excluding carboxylic acids is 1. The molecule has 10 heavy (non-hydrogen) atoms. The fraction of sp³-hybridized carbons (Fsp3) is 0. The van der Waals surface area contributed by atoms with E-state index < -0.39 is 6.16 Å². The standard InChI is InChI=1S/CH2O3.2Ag.2H2O2/c2-1(3)4;;;2*1-2/h(H2,2,3,4);;;2*1-2H/q;2*+1;;/p-2. The summed E-state index contributed by atoms with van der Waals surface area (Å²) in [5, 5.41) is 40.7. The number of rotatable bonds is 0. The first-order valence-electron chi connectivity index (χ1n) is 1.01. The van der Waals surface area contributed by atoms with E-state index in [0.717, 1.165) is 0 Å². The van der Waals surface area contributed by atoms with Crippen molar-refractivity contribution in [3.8, 4) is 0 Å². The van der Waals surface area contributed by atoms with Crippen LogP contribution in [0.2, 0.25) is 0 Å². The van der Waals surface area contributed by atoms with E-state index in [-0.39, 0.29) is 44.8 Å². The zero-order chi connectivity index (χ0) is 7.58. The zero-order valence-corrected chi connectivity index (χ0v) is 7.08. The van der Waals surface area contributed by atoms with Crippen LogP contribution in [0.4, 0.5) is 4.79 Å². The van der Waals surface area contributed by atoms with Crippen molar-refractivity contribution >= 4 is 6.16 Å². The topological polar surface area (TPSA) is 144 Å². The number of hydrogen-bond donors (Lipinski definition) is 4. The van der Waals surface area contributed by atoms with Gasteiger partial charge in [0.15, 0.2) is 0 Å². The summed E-state index contributed by atoms with van der Waals surface area (Å²) >= 11 is 0. The average molecular weight is 344 g/mol. The maximum atomic E-state index is 8.33. The Morgan fingerprint density at radius 3 is 0.900 bits per heavy atom. The summed E-state index contributed by atoms with van der Waals surface area (Å²) in [5.41, 5.74) is 0. The van der Waals surface area contributed by atoms with Crippen LogP contribution in [0.15, 0.2) is 0 Å². The summed E-state index contributed by atoms with van der Waals surface area (Å²) in [6.07, 6.45) is -2.33. The molecule has 0 rings (SSSR count). The SMILES string of the molecule is O=C([O-])[O-].OO.OO.[Ag+].[Ag+]. The minimum Gasteiger partial charge on any atom is -0.652 e. The molecule has 0 saturated carbocycles. The van der Waals surface area contributed by atoms with Crippen LogP contribution in [-0.4, -0.2) is 27.2 Å². The summed E-state index contributed by atoms with van der Waals surface area (Å²) in [6, 6.07) is 0. The molecule has 0 aromatic carbocycles. The summed E-state index contributed by atoms with van der Waals surface area (Å²) in [7, 11) is 0. The normalized spacial score (nSPS) is 3.60. The van der Waals surface area contributed by atoms with Crippen molar-refractivity contribution in [3.05, 3.63) is 0 Å². The van der Waals surface area contributed by atoms with Gasteiger partial charge in [-0.05, 0) is 6.16 Å². The van der Waals surface area contributed by atoms with Gasteiger partial charge < -0.3 is 15.0 Å². The van der Waals surface area contributed by atoms with Gasteiger partial charge in [-0.25, -0.2) is 0 Å². The molecule has 0 atom stereocenters. The molecule has 0 unspecified atom stereocenters. The third-order valence-corrected chi connectivity index (χ3v) is 0. The van der Waals surface area contributed by atoms with Crippen LogP contribution in [0.5, 0.6) is 0 Å². The van der Waals surface area contributed by atoms with Gasteiger partial charge in [-0.1, -0.05) is 0 Å². The minimum absolute atomic E-state index is 0. The monoisotopic (exact) mass is 342 g/mol. The fourth-order valence-electron chi connectivity index (χ4n) is 0. The van der Waals surface area contributed by atoms with Gasteiger partial charge in [0, 0.05) is 0 Å². The Morgan fingerprint density at radius 2 is 0.900 bits per heavy atom. The molecule has 0 amide bonds. The van der Waals surface area contributed by atoms with Crippen LogP contribution in [-0.2, 0) is 44.8 Å². The molecule has 0 aromatic heterocycles. The van der Waals surface area contributed by atoms with Crippen molar-refractivity contribution in [1.29, 1.82) is 0 Å². The average Bonchev–Trinajstić information content (AvgIpc) is 1.75. The summed E-state index contributed by atoms with van der Waals surface area (Å²) in [6.45, 7) is 0. The van der Waals surface area contributed by atoms with E-state index in [1.54, 1.807) is 0 Å². The summed E-state index contributed by atoms with van der Waals surface area (Å²) in [4.78, 5) is 8.33. The predicted molar refractivity (Wildman–Crippen MR) is 15.9 cm³/mol. The number of carboxylic acid groups (broad SMARTS) is 2. The Morgan fingerprint density at radius 1 is 0.900 bits per heavy atom. The second-order valence-corrected chi connectivity index (χ2v) is 0.250. The van der Waals surface area contributed by atoms with Gasteiger partial charge in [-0.2, -0.15) is 0 Å². The second-order valence-electron chi connectivity index (χ2n) is 0.250. The van der Waals surface area contributed by atoms with Crippen LogP contribution in [0.1, 0.15) is 0 Å². The van der Waals surface area contributed by atoms with E-state index >= 15 is 0 Å². The molecule has 0 radical (unpaired) electrons. The van der Waals surface area contributed by atoms with Crippen molar-refractivity contribution in [3.63, 3.8) is 0 Å². The minimum atomic E-state index is -2.33. The second kappa shape index (κ2) is 54.9. The molecule has 72 valence electrons. The Labute approximate surface area is 86.8 Å². The van der Waals surface area contributed by atoms with E-state index in [0.29, 0.717) is 0 Å². The van der Waals surface area contributed by atoms with Crippen molar-refractivity contribution in [2.75, 3.05) is 0 Å². The van der Waals surface area contributed by atoms with Gasteiger partial charge in [0.1, 0.15) is 0 Å². The smallest absolute Gasteiger partial charge is 0.652 e. The fourth-order valence-corrected chi connectivity index (χ4v) is 0. The Hall–Kier alpha value is 0.591. The molecule has 7 nitrogen and oxygen atoms in total. The molecule has 0 aliphatic heterocycles. The summed E-state index contributed by atoms with van der Waals surface area (Å²) in [5.74, 6) is 0. The zero-order valence-electron chi connectivity index (χ0n) is 4.12. The third kappa shape index (κ3) is 1420. The molecule has 0 heterocycles. The Bertz CT molecular complexity index is 34.6. The molecular weight excluding hydrogens is 340 g/mol. The maximum Gasteiger partial charge on any atom is 1.00 e. The molecule has 0 aromatic rings. The van der Waals surface area contributed by atoms with Crippen molar-refractivity contribution in [2.24, 2.45) is 0 Å². The molecule has 4 N–H and O–H groups in total.